The minimum Gasteiger partial charge on any atom is -0.357 e. The third kappa shape index (κ3) is 4.71. The van der Waals surface area contributed by atoms with E-state index in [1.165, 1.54) is 12.0 Å². The third-order valence-corrected chi connectivity index (χ3v) is 5.08. The highest BCUT2D eigenvalue weighted by atomic mass is 32.1. The molecule has 1 aliphatic carbocycles. The van der Waals surface area contributed by atoms with Gasteiger partial charge in [0.1, 0.15) is 0 Å². The number of likely N-dealkylation sites (N-methyl/N-ethyl adjacent to an activating group) is 1. The van der Waals surface area contributed by atoms with Crippen LogP contribution < -0.4 is 10.6 Å². The summed E-state index contributed by atoms with van der Waals surface area (Å²) in [7, 11) is 0. The third-order valence-electron chi connectivity index (χ3n) is 4.38. The van der Waals surface area contributed by atoms with E-state index in [1.807, 2.05) is 0 Å². The SMILES string of the molecule is CCNC(=NCC(c1ccsc1)N(CC)CC)NC1CC1C. The molecule has 0 spiro atoms. The summed E-state index contributed by atoms with van der Waals surface area (Å²) in [5.41, 5.74) is 1.38. The first-order valence-corrected chi connectivity index (χ1v) is 9.44. The van der Waals surface area contributed by atoms with Crippen molar-refractivity contribution in [3.05, 3.63) is 22.4 Å². The summed E-state index contributed by atoms with van der Waals surface area (Å²) in [5.74, 6) is 1.74. The Morgan fingerprint density at radius 2 is 2.14 bits per heavy atom. The van der Waals surface area contributed by atoms with E-state index in [2.05, 4.69) is 60.1 Å². The molecule has 0 aromatic carbocycles. The second kappa shape index (κ2) is 8.53. The molecular formula is C17H30N4S. The van der Waals surface area contributed by atoms with Gasteiger partial charge in [-0.1, -0.05) is 20.8 Å². The van der Waals surface area contributed by atoms with Crippen molar-refractivity contribution in [2.45, 2.75) is 46.2 Å². The lowest BCUT2D eigenvalue weighted by Crippen LogP contribution is -2.40. The average molecular weight is 323 g/mol. The molecule has 124 valence electrons. The van der Waals surface area contributed by atoms with E-state index in [0.717, 1.165) is 38.1 Å². The standard InChI is InChI=1S/C17H30N4S/c1-5-18-17(20-15-10-13(15)4)19-11-16(21(6-2)7-3)14-8-9-22-12-14/h8-9,12-13,15-16H,5-7,10-11H2,1-4H3,(H2,18,19,20). The van der Waals surface area contributed by atoms with Crippen LogP contribution in [0, 0.1) is 5.92 Å². The van der Waals surface area contributed by atoms with Crippen molar-refractivity contribution in [1.29, 1.82) is 0 Å². The second-order valence-corrected chi connectivity index (χ2v) is 6.76. The maximum atomic E-state index is 4.86. The van der Waals surface area contributed by atoms with Crippen molar-refractivity contribution < 1.29 is 0 Å². The number of nitrogens with one attached hydrogen (secondary N) is 2. The van der Waals surface area contributed by atoms with Crippen molar-refractivity contribution in [1.82, 2.24) is 15.5 Å². The molecule has 22 heavy (non-hydrogen) atoms. The summed E-state index contributed by atoms with van der Waals surface area (Å²) in [6.07, 6.45) is 1.26. The van der Waals surface area contributed by atoms with Crippen molar-refractivity contribution in [3.63, 3.8) is 0 Å². The molecule has 4 nitrogen and oxygen atoms in total. The minimum atomic E-state index is 0.369. The van der Waals surface area contributed by atoms with E-state index in [0.29, 0.717) is 12.1 Å². The van der Waals surface area contributed by atoms with Crippen LogP contribution in [0.3, 0.4) is 0 Å². The van der Waals surface area contributed by atoms with Gasteiger partial charge in [-0.05, 0) is 54.7 Å². The molecule has 0 bridgehead atoms. The fourth-order valence-electron chi connectivity index (χ4n) is 2.76. The van der Waals surface area contributed by atoms with Crippen molar-refractivity contribution in [2.75, 3.05) is 26.2 Å². The Labute approximate surface area is 139 Å². The van der Waals surface area contributed by atoms with Gasteiger partial charge in [-0.3, -0.25) is 9.89 Å². The van der Waals surface area contributed by atoms with E-state index < -0.39 is 0 Å². The maximum absolute atomic E-state index is 4.86. The molecular weight excluding hydrogens is 292 g/mol. The lowest BCUT2D eigenvalue weighted by molar-refractivity contribution is 0.224. The van der Waals surface area contributed by atoms with Gasteiger partial charge in [0, 0.05) is 12.6 Å². The van der Waals surface area contributed by atoms with Crippen LogP contribution in [-0.4, -0.2) is 43.1 Å². The molecule has 5 heteroatoms. The van der Waals surface area contributed by atoms with Crippen molar-refractivity contribution >= 4 is 17.3 Å². The van der Waals surface area contributed by atoms with Crippen LogP contribution in [0.15, 0.2) is 21.8 Å². The summed E-state index contributed by atoms with van der Waals surface area (Å²) < 4.78 is 0. The van der Waals surface area contributed by atoms with Crippen LogP contribution in [0.4, 0.5) is 0 Å². The van der Waals surface area contributed by atoms with Gasteiger partial charge in [-0.15, -0.1) is 0 Å². The molecule has 1 aliphatic rings. The smallest absolute Gasteiger partial charge is 0.191 e. The second-order valence-electron chi connectivity index (χ2n) is 5.98. The molecule has 0 radical (unpaired) electrons. The summed E-state index contributed by atoms with van der Waals surface area (Å²) in [6.45, 7) is 12.7. The zero-order chi connectivity index (χ0) is 15.9. The van der Waals surface area contributed by atoms with E-state index in [4.69, 9.17) is 4.99 Å². The molecule has 0 aliphatic heterocycles. The first-order chi connectivity index (χ1) is 10.7. The summed E-state index contributed by atoms with van der Waals surface area (Å²) in [6, 6.07) is 3.20. The van der Waals surface area contributed by atoms with Crippen LogP contribution in [0.2, 0.25) is 0 Å². The number of aliphatic imine (C=N–C) groups is 1. The topological polar surface area (TPSA) is 39.7 Å². The normalized spacial score (nSPS) is 22.7. The molecule has 1 aromatic rings. The lowest BCUT2D eigenvalue weighted by atomic mass is 10.1. The van der Waals surface area contributed by atoms with Crippen LogP contribution in [-0.2, 0) is 0 Å². The Morgan fingerprint density at radius 1 is 1.41 bits per heavy atom. The fourth-order valence-corrected chi connectivity index (χ4v) is 3.46. The Morgan fingerprint density at radius 3 is 2.64 bits per heavy atom. The van der Waals surface area contributed by atoms with Gasteiger partial charge < -0.3 is 10.6 Å². The zero-order valence-electron chi connectivity index (χ0n) is 14.3. The highest BCUT2D eigenvalue weighted by Gasteiger charge is 2.33. The highest BCUT2D eigenvalue weighted by molar-refractivity contribution is 7.07. The van der Waals surface area contributed by atoms with E-state index in [1.54, 1.807) is 11.3 Å². The van der Waals surface area contributed by atoms with Crippen molar-refractivity contribution in [2.24, 2.45) is 10.9 Å². The molecule has 3 unspecified atom stereocenters. The number of thiophene rings is 1. The van der Waals surface area contributed by atoms with Gasteiger partial charge in [-0.2, -0.15) is 11.3 Å². The van der Waals surface area contributed by atoms with E-state index >= 15 is 0 Å². The number of nitrogens with zero attached hydrogens (tertiary/aromatic N) is 2. The van der Waals surface area contributed by atoms with Crippen LogP contribution in [0.1, 0.15) is 45.7 Å². The largest absolute Gasteiger partial charge is 0.357 e. The van der Waals surface area contributed by atoms with E-state index in [9.17, 15) is 0 Å². The molecule has 1 saturated carbocycles. The maximum Gasteiger partial charge on any atom is 0.191 e. The van der Waals surface area contributed by atoms with Gasteiger partial charge in [-0.25, -0.2) is 0 Å². The Kier molecular flexibility index (Phi) is 6.70. The van der Waals surface area contributed by atoms with Crippen LogP contribution in [0.5, 0.6) is 0 Å². The Bertz CT molecular complexity index is 453. The fraction of sp³-hybridized carbons (Fsp3) is 0.706. The van der Waals surface area contributed by atoms with Gasteiger partial charge in [0.25, 0.3) is 0 Å². The number of guanidine groups is 1. The van der Waals surface area contributed by atoms with E-state index in [-0.39, 0.29) is 0 Å². The number of hydrogen-bond donors (Lipinski definition) is 2. The quantitative estimate of drug-likeness (QED) is 0.571. The molecule has 0 saturated heterocycles. The predicted octanol–water partition coefficient (Wildman–Crippen LogP) is 3.09. The molecule has 1 heterocycles. The highest BCUT2D eigenvalue weighted by Crippen LogP contribution is 2.29. The predicted molar refractivity (Wildman–Crippen MR) is 96.7 cm³/mol. The Balaban J connectivity index is 2.05. The molecule has 1 fully saturated rings. The molecule has 2 rings (SSSR count). The minimum absolute atomic E-state index is 0.369. The molecule has 0 amide bonds. The average Bonchev–Trinajstić information content (AvgIpc) is 2.99. The van der Waals surface area contributed by atoms with Gasteiger partial charge in [0.05, 0.1) is 12.6 Å². The summed E-state index contributed by atoms with van der Waals surface area (Å²) in [5, 5.41) is 11.3. The number of hydrogen-bond acceptors (Lipinski definition) is 3. The lowest BCUT2D eigenvalue weighted by Gasteiger charge is -2.28. The van der Waals surface area contributed by atoms with Gasteiger partial charge >= 0.3 is 0 Å². The first-order valence-electron chi connectivity index (χ1n) is 8.50. The number of rotatable bonds is 8. The van der Waals surface area contributed by atoms with Crippen molar-refractivity contribution in [3.8, 4) is 0 Å². The van der Waals surface area contributed by atoms with Gasteiger partial charge in [0.15, 0.2) is 5.96 Å². The molecule has 2 N–H and O–H groups in total. The van der Waals surface area contributed by atoms with Crippen LogP contribution in [0.25, 0.3) is 0 Å². The Hall–Kier alpha value is -1.07. The summed E-state index contributed by atoms with van der Waals surface area (Å²) in [4.78, 5) is 7.34. The molecule has 3 atom stereocenters. The zero-order valence-corrected chi connectivity index (χ0v) is 15.1. The monoisotopic (exact) mass is 322 g/mol. The first kappa shape index (κ1) is 17.3. The van der Waals surface area contributed by atoms with Crippen LogP contribution >= 0.6 is 11.3 Å². The van der Waals surface area contributed by atoms with Gasteiger partial charge in [0.2, 0.25) is 0 Å². The summed E-state index contributed by atoms with van der Waals surface area (Å²) >= 11 is 1.77. The molecule has 1 aromatic heterocycles.